The molecular weight excluding hydrogens is 434 g/mol. The van der Waals surface area contributed by atoms with Gasteiger partial charge in [-0.15, -0.1) is 0 Å². The summed E-state index contributed by atoms with van der Waals surface area (Å²) in [6.45, 7) is 1.09. The number of rotatable bonds is 7. The number of aromatic nitrogens is 2. The quantitative estimate of drug-likeness (QED) is 0.445. The molecule has 0 radical (unpaired) electrons. The number of nitrogens with zero attached hydrogens (tertiary/aromatic N) is 2. The van der Waals surface area contributed by atoms with Crippen molar-refractivity contribution in [2.24, 2.45) is 5.73 Å². The Labute approximate surface area is 183 Å². The summed E-state index contributed by atoms with van der Waals surface area (Å²) in [6.07, 6.45) is 1.28. The number of anilines is 1. The number of hydrogen-bond acceptors (Lipinski definition) is 8. The van der Waals surface area contributed by atoms with Crippen LogP contribution in [0.1, 0.15) is 33.3 Å². The van der Waals surface area contributed by atoms with E-state index in [0.29, 0.717) is 16.8 Å². The van der Waals surface area contributed by atoms with Gasteiger partial charge in [0.05, 0.1) is 16.8 Å². The molecule has 164 valence electrons. The van der Waals surface area contributed by atoms with Gasteiger partial charge < -0.3 is 11.5 Å². The second-order valence-electron chi connectivity index (χ2n) is 6.84. The van der Waals surface area contributed by atoms with Crippen LogP contribution in [0.5, 0.6) is 0 Å². The minimum atomic E-state index is -3.97. The lowest BCUT2D eigenvalue weighted by atomic mass is 10.1. The van der Waals surface area contributed by atoms with Gasteiger partial charge in [-0.2, -0.15) is 0 Å². The zero-order valence-corrected chi connectivity index (χ0v) is 17.7. The van der Waals surface area contributed by atoms with Crippen molar-refractivity contribution in [3.05, 3.63) is 71.5 Å². The number of Topliss-reactive ketones (excluding diaryl/α,β-unsaturated/α-hetero) is 1. The van der Waals surface area contributed by atoms with E-state index in [9.17, 15) is 22.8 Å². The zero-order chi connectivity index (χ0) is 23.5. The van der Waals surface area contributed by atoms with Gasteiger partial charge in [-0.3, -0.25) is 14.4 Å². The molecule has 32 heavy (non-hydrogen) atoms. The van der Waals surface area contributed by atoms with E-state index in [4.69, 9.17) is 11.5 Å². The first-order valence-corrected chi connectivity index (χ1v) is 10.7. The fourth-order valence-electron chi connectivity index (χ4n) is 2.88. The number of ketones is 1. The third-order valence-corrected chi connectivity index (χ3v) is 5.83. The van der Waals surface area contributed by atoms with Crippen LogP contribution in [-0.4, -0.2) is 36.0 Å². The molecule has 0 bridgehead atoms. The molecule has 10 nitrogen and oxygen atoms in total. The molecule has 1 aromatic heterocycles. The molecule has 0 saturated heterocycles. The van der Waals surface area contributed by atoms with Crippen molar-refractivity contribution in [3.63, 3.8) is 0 Å². The van der Waals surface area contributed by atoms with Crippen LogP contribution in [0, 0.1) is 0 Å². The van der Waals surface area contributed by atoms with Crippen LogP contribution in [-0.2, 0) is 21.2 Å². The van der Waals surface area contributed by atoms with Crippen molar-refractivity contribution in [1.29, 1.82) is 0 Å². The maximum atomic E-state index is 12.8. The predicted molar refractivity (Wildman–Crippen MR) is 116 cm³/mol. The fourth-order valence-corrected chi connectivity index (χ4v) is 3.87. The average Bonchev–Trinajstić information content (AvgIpc) is 2.73. The molecule has 3 rings (SSSR count). The summed E-state index contributed by atoms with van der Waals surface area (Å²) in [5.74, 6) is -1.80. The fraction of sp³-hybridized carbons (Fsp3) is 0.0952. The SMILES string of the molecule is CC(=O)NS(=O)(=O)c1ccc(CC(=O)c2nc(-c3cccc(C(N)=O)c3)cnc2N)cc1. The summed E-state index contributed by atoms with van der Waals surface area (Å²) in [4.78, 5) is 43.4. The molecule has 1 heterocycles. The minimum Gasteiger partial charge on any atom is -0.382 e. The van der Waals surface area contributed by atoms with E-state index in [0.717, 1.165) is 6.92 Å². The molecule has 11 heteroatoms. The summed E-state index contributed by atoms with van der Waals surface area (Å²) in [5, 5.41) is 0. The Morgan fingerprint density at radius 3 is 2.38 bits per heavy atom. The highest BCUT2D eigenvalue weighted by Crippen LogP contribution is 2.21. The highest BCUT2D eigenvalue weighted by atomic mass is 32.2. The number of hydrogen-bond donors (Lipinski definition) is 3. The molecule has 3 aromatic rings. The Bertz CT molecular complexity index is 1320. The van der Waals surface area contributed by atoms with Gasteiger partial charge in [-0.05, 0) is 29.8 Å². The van der Waals surface area contributed by atoms with Gasteiger partial charge >= 0.3 is 0 Å². The summed E-state index contributed by atoms with van der Waals surface area (Å²) >= 11 is 0. The second kappa shape index (κ2) is 8.94. The van der Waals surface area contributed by atoms with Gasteiger partial charge in [0.1, 0.15) is 5.69 Å². The number of benzene rings is 2. The van der Waals surface area contributed by atoms with Crippen LogP contribution < -0.4 is 16.2 Å². The van der Waals surface area contributed by atoms with Crippen molar-refractivity contribution < 1.29 is 22.8 Å². The summed E-state index contributed by atoms with van der Waals surface area (Å²) < 4.78 is 25.9. The molecule has 2 amide bonds. The van der Waals surface area contributed by atoms with Crippen LogP contribution in [0.2, 0.25) is 0 Å². The highest BCUT2D eigenvalue weighted by Gasteiger charge is 2.18. The standard InChI is InChI=1S/C21H19N5O5S/c1-12(27)26-32(30,31)16-7-5-13(6-8-16)9-18(28)19-20(22)24-11-17(25-19)14-3-2-4-15(10-14)21(23)29/h2-8,10-11H,9H2,1H3,(H2,22,24)(H2,23,29)(H,26,27). The molecule has 0 aliphatic carbocycles. The molecule has 0 aliphatic heterocycles. The lowest BCUT2D eigenvalue weighted by Gasteiger charge is -2.08. The van der Waals surface area contributed by atoms with Crippen molar-refractivity contribution in [2.45, 2.75) is 18.2 Å². The maximum Gasteiger partial charge on any atom is 0.264 e. The molecule has 0 atom stereocenters. The number of sulfonamides is 1. The molecule has 0 fully saturated rings. The number of primary amides is 1. The number of nitrogen functional groups attached to an aromatic ring is 1. The largest absolute Gasteiger partial charge is 0.382 e. The second-order valence-corrected chi connectivity index (χ2v) is 8.52. The molecule has 0 unspecified atom stereocenters. The number of carbonyl (C=O) groups excluding carboxylic acids is 3. The number of nitrogens with two attached hydrogens (primary N) is 2. The van der Waals surface area contributed by atoms with E-state index < -0.39 is 27.6 Å². The van der Waals surface area contributed by atoms with E-state index in [1.54, 1.807) is 18.2 Å². The smallest absolute Gasteiger partial charge is 0.264 e. The van der Waals surface area contributed by atoms with Crippen molar-refractivity contribution in [2.75, 3.05) is 5.73 Å². The number of nitrogens with one attached hydrogen (secondary N) is 1. The predicted octanol–water partition coefficient (Wildman–Crippen LogP) is 1.07. The Morgan fingerprint density at radius 2 is 1.75 bits per heavy atom. The van der Waals surface area contributed by atoms with Crippen LogP contribution in [0.15, 0.2) is 59.6 Å². The Hall–Kier alpha value is -4.12. The molecular formula is C21H19N5O5S. The molecule has 2 aromatic carbocycles. The summed E-state index contributed by atoms with van der Waals surface area (Å²) in [5.41, 5.74) is 12.8. The summed E-state index contributed by atoms with van der Waals surface area (Å²) in [7, 11) is -3.97. The third-order valence-electron chi connectivity index (χ3n) is 4.38. The maximum absolute atomic E-state index is 12.8. The number of carbonyl (C=O) groups is 3. The Balaban J connectivity index is 1.84. The number of amides is 2. The summed E-state index contributed by atoms with van der Waals surface area (Å²) in [6, 6.07) is 11.9. The van der Waals surface area contributed by atoms with Crippen molar-refractivity contribution in [1.82, 2.24) is 14.7 Å². The van der Waals surface area contributed by atoms with E-state index in [2.05, 4.69) is 9.97 Å². The van der Waals surface area contributed by atoms with Crippen molar-refractivity contribution in [3.8, 4) is 11.3 Å². The van der Waals surface area contributed by atoms with Crippen LogP contribution in [0.25, 0.3) is 11.3 Å². The van der Waals surface area contributed by atoms with Gasteiger partial charge in [0.25, 0.3) is 10.0 Å². The van der Waals surface area contributed by atoms with Gasteiger partial charge in [-0.1, -0.05) is 24.3 Å². The zero-order valence-electron chi connectivity index (χ0n) is 16.9. The van der Waals surface area contributed by atoms with Crippen molar-refractivity contribution >= 4 is 33.4 Å². The van der Waals surface area contributed by atoms with Gasteiger partial charge in [-0.25, -0.2) is 23.1 Å². The first kappa shape index (κ1) is 22.6. The first-order chi connectivity index (χ1) is 15.1. The molecule has 0 saturated carbocycles. The average molecular weight is 453 g/mol. The topological polar surface area (TPSA) is 175 Å². The third kappa shape index (κ3) is 5.13. The Morgan fingerprint density at radius 1 is 1.06 bits per heavy atom. The van der Waals surface area contributed by atoms with Gasteiger partial charge in [0.15, 0.2) is 11.6 Å². The lowest BCUT2D eigenvalue weighted by Crippen LogP contribution is -2.28. The molecule has 0 spiro atoms. The van der Waals surface area contributed by atoms with E-state index in [-0.39, 0.29) is 28.4 Å². The first-order valence-electron chi connectivity index (χ1n) is 9.25. The van der Waals surface area contributed by atoms with Crippen LogP contribution in [0.4, 0.5) is 5.82 Å². The highest BCUT2D eigenvalue weighted by molar-refractivity contribution is 7.90. The molecule has 5 N–H and O–H groups in total. The van der Waals surface area contributed by atoms with Crippen LogP contribution >= 0.6 is 0 Å². The van der Waals surface area contributed by atoms with E-state index >= 15 is 0 Å². The van der Waals surface area contributed by atoms with Gasteiger partial charge in [0.2, 0.25) is 11.8 Å². The van der Waals surface area contributed by atoms with Gasteiger partial charge in [0, 0.05) is 24.5 Å². The Kier molecular flexibility index (Phi) is 6.30. The van der Waals surface area contributed by atoms with E-state index in [1.807, 2.05) is 4.72 Å². The van der Waals surface area contributed by atoms with E-state index in [1.165, 1.54) is 36.5 Å². The van der Waals surface area contributed by atoms with Crippen LogP contribution in [0.3, 0.4) is 0 Å². The normalized spacial score (nSPS) is 11.0. The lowest BCUT2D eigenvalue weighted by molar-refractivity contribution is -0.117. The monoisotopic (exact) mass is 453 g/mol. The molecule has 0 aliphatic rings. The minimum absolute atomic E-state index is 0.0538.